The summed E-state index contributed by atoms with van der Waals surface area (Å²) in [4.78, 5) is 23.4. The molecule has 2 unspecified atom stereocenters. The van der Waals surface area contributed by atoms with E-state index < -0.39 is 23.6 Å². The van der Waals surface area contributed by atoms with Gasteiger partial charge in [-0.2, -0.15) is 0 Å². The minimum absolute atomic E-state index is 0.135. The lowest BCUT2D eigenvalue weighted by Crippen LogP contribution is -2.31. The Bertz CT molecular complexity index is 554. The number of ketones is 1. The number of halogens is 2. The minimum Gasteiger partial charge on any atom is -0.481 e. The summed E-state index contributed by atoms with van der Waals surface area (Å²) in [7, 11) is 0. The van der Waals surface area contributed by atoms with Crippen molar-refractivity contribution in [2.24, 2.45) is 11.8 Å². The summed E-state index contributed by atoms with van der Waals surface area (Å²) in [5, 5.41) is 9.00. The fourth-order valence-electron chi connectivity index (χ4n) is 2.24. The van der Waals surface area contributed by atoms with Crippen LogP contribution in [0.5, 0.6) is 0 Å². The van der Waals surface area contributed by atoms with E-state index in [4.69, 9.17) is 16.7 Å². The first-order valence-corrected chi connectivity index (χ1v) is 6.25. The second kappa shape index (κ2) is 5.53. The van der Waals surface area contributed by atoms with Crippen LogP contribution < -0.4 is 0 Å². The molecule has 0 spiro atoms. The maximum absolute atomic E-state index is 13.1. The molecule has 2 atom stereocenters. The van der Waals surface area contributed by atoms with Crippen LogP contribution in [-0.2, 0) is 4.79 Å². The van der Waals surface area contributed by atoms with Crippen LogP contribution in [-0.4, -0.2) is 16.9 Å². The molecule has 1 aromatic rings. The molecule has 2 rings (SSSR count). The van der Waals surface area contributed by atoms with Crippen molar-refractivity contribution in [1.29, 1.82) is 0 Å². The largest absolute Gasteiger partial charge is 0.481 e. The Hall–Kier alpha value is -1.68. The van der Waals surface area contributed by atoms with Crippen LogP contribution in [0.1, 0.15) is 23.2 Å². The zero-order valence-electron chi connectivity index (χ0n) is 9.98. The standard InChI is InChI=1S/C14H12ClFO3/c15-11-7-8(5-6-12(11)16)13(17)9-3-1-2-4-10(9)14(18)19/h1-2,5-7,9-10H,3-4H2,(H,18,19). The van der Waals surface area contributed by atoms with Gasteiger partial charge in [0, 0.05) is 11.5 Å². The first-order valence-electron chi connectivity index (χ1n) is 5.87. The SMILES string of the molecule is O=C(O)C1CC=CCC1C(=O)c1ccc(F)c(Cl)c1. The number of carbonyl (C=O) groups is 2. The number of rotatable bonds is 3. The molecule has 1 aliphatic rings. The lowest BCUT2D eigenvalue weighted by Gasteiger charge is -2.24. The van der Waals surface area contributed by atoms with E-state index in [9.17, 15) is 14.0 Å². The van der Waals surface area contributed by atoms with Gasteiger partial charge in [-0.15, -0.1) is 0 Å². The van der Waals surface area contributed by atoms with Gasteiger partial charge >= 0.3 is 5.97 Å². The number of carboxylic acids is 1. The highest BCUT2D eigenvalue weighted by atomic mass is 35.5. The number of Topliss-reactive ketones (excluding diaryl/α,β-unsaturated/α-hetero) is 1. The van der Waals surface area contributed by atoms with Crippen molar-refractivity contribution < 1.29 is 19.1 Å². The molecule has 19 heavy (non-hydrogen) atoms. The maximum atomic E-state index is 13.1. The highest BCUT2D eigenvalue weighted by molar-refractivity contribution is 6.31. The van der Waals surface area contributed by atoms with E-state index in [0.717, 1.165) is 6.07 Å². The summed E-state index contributed by atoms with van der Waals surface area (Å²) >= 11 is 5.64. The molecule has 0 heterocycles. The fraction of sp³-hybridized carbons (Fsp3) is 0.286. The lowest BCUT2D eigenvalue weighted by molar-refractivity contribution is -0.143. The fourth-order valence-corrected chi connectivity index (χ4v) is 2.42. The normalized spacial score (nSPS) is 22.2. The number of allylic oxidation sites excluding steroid dienone is 2. The van der Waals surface area contributed by atoms with E-state index >= 15 is 0 Å². The Morgan fingerprint density at radius 1 is 1.21 bits per heavy atom. The summed E-state index contributed by atoms with van der Waals surface area (Å²) in [5.41, 5.74) is 0.248. The summed E-state index contributed by atoms with van der Waals surface area (Å²) < 4.78 is 13.1. The molecule has 0 amide bonds. The van der Waals surface area contributed by atoms with Crippen molar-refractivity contribution in [3.8, 4) is 0 Å². The molecule has 0 radical (unpaired) electrons. The van der Waals surface area contributed by atoms with Gasteiger partial charge in [-0.1, -0.05) is 23.8 Å². The van der Waals surface area contributed by atoms with Gasteiger partial charge < -0.3 is 5.11 Å². The third kappa shape index (κ3) is 2.84. The van der Waals surface area contributed by atoms with Gasteiger partial charge in [-0.25, -0.2) is 4.39 Å². The molecule has 0 fully saturated rings. The molecule has 1 aliphatic carbocycles. The predicted octanol–water partition coefficient (Wildman–Crippen LogP) is 3.33. The molecule has 0 saturated carbocycles. The van der Waals surface area contributed by atoms with Crippen molar-refractivity contribution in [1.82, 2.24) is 0 Å². The monoisotopic (exact) mass is 282 g/mol. The van der Waals surface area contributed by atoms with Crippen molar-refractivity contribution in [3.63, 3.8) is 0 Å². The average molecular weight is 283 g/mol. The Labute approximate surface area is 114 Å². The van der Waals surface area contributed by atoms with Gasteiger partial charge in [0.15, 0.2) is 5.78 Å². The van der Waals surface area contributed by atoms with Crippen LogP contribution in [0.15, 0.2) is 30.4 Å². The molecule has 5 heteroatoms. The predicted molar refractivity (Wildman–Crippen MR) is 68.7 cm³/mol. The Balaban J connectivity index is 2.29. The Kier molecular flexibility index (Phi) is 4.00. The van der Waals surface area contributed by atoms with E-state index in [1.165, 1.54) is 12.1 Å². The number of carboxylic acid groups (broad SMARTS) is 1. The quantitative estimate of drug-likeness (QED) is 0.683. The van der Waals surface area contributed by atoms with Gasteiger partial charge in [-0.3, -0.25) is 9.59 Å². The van der Waals surface area contributed by atoms with Crippen LogP contribution in [0.3, 0.4) is 0 Å². The number of hydrogen-bond donors (Lipinski definition) is 1. The minimum atomic E-state index is -0.990. The van der Waals surface area contributed by atoms with Crippen LogP contribution in [0, 0.1) is 17.7 Å². The van der Waals surface area contributed by atoms with E-state index in [-0.39, 0.29) is 16.4 Å². The maximum Gasteiger partial charge on any atom is 0.307 e. The van der Waals surface area contributed by atoms with Crippen molar-refractivity contribution in [3.05, 3.63) is 46.8 Å². The van der Waals surface area contributed by atoms with E-state index in [0.29, 0.717) is 12.8 Å². The van der Waals surface area contributed by atoms with Crippen LogP contribution in [0.2, 0.25) is 5.02 Å². The third-order valence-electron chi connectivity index (χ3n) is 3.29. The van der Waals surface area contributed by atoms with Crippen molar-refractivity contribution in [2.75, 3.05) is 0 Å². The molecule has 0 aromatic heterocycles. The zero-order valence-corrected chi connectivity index (χ0v) is 10.7. The first kappa shape index (κ1) is 13.7. The van der Waals surface area contributed by atoms with Crippen molar-refractivity contribution >= 4 is 23.4 Å². The molecule has 100 valence electrons. The highest BCUT2D eigenvalue weighted by Gasteiger charge is 2.34. The Morgan fingerprint density at radius 3 is 2.42 bits per heavy atom. The molecular formula is C14H12ClFO3. The van der Waals surface area contributed by atoms with E-state index in [1.807, 2.05) is 0 Å². The molecule has 0 aliphatic heterocycles. The van der Waals surface area contributed by atoms with Gasteiger partial charge in [-0.05, 0) is 31.0 Å². The topological polar surface area (TPSA) is 54.4 Å². The smallest absolute Gasteiger partial charge is 0.307 e. The molecule has 0 saturated heterocycles. The second-order valence-electron chi connectivity index (χ2n) is 4.49. The van der Waals surface area contributed by atoms with Crippen LogP contribution in [0.4, 0.5) is 4.39 Å². The highest BCUT2D eigenvalue weighted by Crippen LogP contribution is 2.30. The molecular weight excluding hydrogens is 271 g/mol. The summed E-state index contributed by atoms with van der Waals surface area (Å²) in [5.74, 6) is -3.25. The van der Waals surface area contributed by atoms with E-state index in [1.54, 1.807) is 12.2 Å². The van der Waals surface area contributed by atoms with E-state index in [2.05, 4.69) is 0 Å². The number of carbonyl (C=O) groups excluding carboxylic acids is 1. The molecule has 1 aromatic carbocycles. The van der Waals surface area contributed by atoms with Gasteiger partial charge in [0.2, 0.25) is 0 Å². The summed E-state index contributed by atoms with van der Waals surface area (Å²) in [6.07, 6.45) is 4.28. The molecule has 0 bridgehead atoms. The molecule has 3 nitrogen and oxygen atoms in total. The zero-order chi connectivity index (χ0) is 14.0. The first-order chi connectivity index (χ1) is 9.00. The number of benzene rings is 1. The Morgan fingerprint density at radius 2 is 1.84 bits per heavy atom. The summed E-state index contributed by atoms with van der Waals surface area (Å²) in [6, 6.07) is 3.70. The second-order valence-corrected chi connectivity index (χ2v) is 4.89. The summed E-state index contributed by atoms with van der Waals surface area (Å²) in [6.45, 7) is 0. The molecule has 1 N–H and O–H groups in total. The van der Waals surface area contributed by atoms with Crippen molar-refractivity contribution in [2.45, 2.75) is 12.8 Å². The van der Waals surface area contributed by atoms with Gasteiger partial charge in [0.1, 0.15) is 5.82 Å². The third-order valence-corrected chi connectivity index (χ3v) is 3.58. The lowest BCUT2D eigenvalue weighted by atomic mass is 9.78. The van der Waals surface area contributed by atoms with Crippen LogP contribution >= 0.6 is 11.6 Å². The van der Waals surface area contributed by atoms with Gasteiger partial charge in [0.05, 0.1) is 10.9 Å². The van der Waals surface area contributed by atoms with Gasteiger partial charge in [0.25, 0.3) is 0 Å². The average Bonchev–Trinajstić information content (AvgIpc) is 2.41. The van der Waals surface area contributed by atoms with Crippen LogP contribution in [0.25, 0.3) is 0 Å². The number of aliphatic carboxylic acids is 1. The number of hydrogen-bond acceptors (Lipinski definition) is 2.